The molecule has 1 N–H and O–H groups in total. The summed E-state index contributed by atoms with van der Waals surface area (Å²) in [7, 11) is 0. The zero-order valence-corrected chi connectivity index (χ0v) is 13.3. The zero-order valence-electron chi connectivity index (χ0n) is 13.3. The molecule has 0 aliphatic carbocycles. The number of anilines is 1. The summed E-state index contributed by atoms with van der Waals surface area (Å²) in [5, 5.41) is 3.30. The van der Waals surface area contributed by atoms with Gasteiger partial charge in [-0.05, 0) is 38.3 Å². The largest absolute Gasteiger partial charge is 0.381 e. The molecule has 1 saturated heterocycles. The minimum atomic E-state index is 0.159. The fourth-order valence-electron chi connectivity index (χ4n) is 2.82. The van der Waals surface area contributed by atoms with Gasteiger partial charge in [-0.3, -0.25) is 4.79 Å². The highest BCUT2D eigenvalue weighted by Gasteiger charge is 2.21. The van der Waals surface area contributed by atoms with Crippen molar-refractivity contribution in [1.29, 1.82) is 0 Å². The molecular formula is C17H26N2O2. The Labute approximate surface area is 127 Å². The average Bonchev–Trinajstić information content (AvgIpc) is 2.97. The Morgan fingerprint density at radius 3 is 2.67 bits per heavy atom. The third-order valence-corrected chi connectivity index (χ3v) is 4.13. The van der Waals surface area contributed by atoms with Crippen LogP contribution in [0, 0.1) is 19.8 Å². The number of para-hydroxylation sites is 1. The van der Waals surface area contributed by atoms with Gasteiger partial charge < -0.3 is 15.0 Å². The normalized spacial score (nSPS) is 17.8. The van der Waals surface area contributed by atoms with Crippen LogP contribution in [0.3, 0.4) is 0 Å². The monoisotopic (exact) mass is 290 g/mol. The lowest BCUT2D eigenvalue weighted by Gasteiger charge is -2.24. The lowest BCUT2D eigenvalue weighted by molar-refractivity contribution is -0.129. The van der Waals surface area contributed by atoms with Gasteiger partial charge in [-0.15, -0.1) is 0 Å². The smallest absolute Gasteiger partial charge is 0.241 e. The molecule has 1 aliphatic heterocycles. The third kappa shape index (κ3) is 4.21. The van der Waals surface area contributed by atoms with Gasteiger partial charge in [0.15, 0.2) is 0 Å². The number of rotatable bonds is 6. The quantitative estimate of drug-likeness (QED) is 0.875. The number of nitrogens with zero attached hydrogens (tertiary/aromatic N) is 1. The Hall–Kier alpha value is -1.55. The van der Waals surface area contributed by atoms with Gasteiger partial charge in [0, 0.05) is 31.3 Å². The highest BCUT2D eigenvalue weighted by molar-refractivity contribution is 5.81. The first-order valence-electron chi connectivity index (χ1n) is 7.77. The van der Waals surface area contributed by atoms with Crippen LogP contribution in [-0.2, 0) is 9.53 Å². The molecule has 1 atom stereocenters. The van der Waals surface area contributed by atoms with Crippen LogP contribution in [0.1, 0.15) is 24.5 Å². The second kappa shape index (κ2) is 7.46. The van der Waals surface area contributed by atoms with Crippen molar-refractivity contribution >= 4 is 11.6 Å². The van der Waals surface area contributed by atoms with Crippen molar-refractivity contribution in [2.45, 2.75) is 27.2 Å². The van der Waals surface area contributed by atoms with E-state index < -0.39 is 0 Å². The second-order valence-corrected chi connectivity index (χ2v) is 5.78. The molecule has 1 amide bonds. The Morgan fingerprint density at radius 2 is 2.10 bits per heavy atom. The molecule has 1 aliphatic rings. The molecule has 1 fully saturated rings. The molecule has 116 valence electrons. The van der Waals surface area contributed by atoms with Crippen LogP contribution in [0.5, 0.6) is 0 Å². The van der Waals surface area contributed by atoms with Crippen LogP contribution in [0.2, 0.25) is 0 Å². The predicted octanol–water partition coefficient (Wildman–Crippen LogP) is 2.60. The number of aryl methyl sites for hydroxylation is 2. The third-order valence-electron chi connectivity index (χ3n) is 4.13. The molecule has 1 aromatic rings. The Bertz CT molecular complexity index is 461. The van der Waals surface area contributed by atoms with Crippen molar-refractivity contribution in [3.05, 3.63) is 29.3 Å². The summed E-state index contributed by atoms with van der Waals surface area (Å²) in [6, 6.07) is 6.16. The number of carbonyl (C=O) groups is 1. The van der Waals surface area contributed by atoms with Gasteiger partial charge >= 0.3 is 0 Å². The van der Waals surface area contributed by atoms with E-state index in [9.17, 15) is 4.79 Å². The molecule has 0 radical (unpaired) electrons. The topological polar surface area (TPSA) is 41.6 Å². The van der Waals surface area contributed by atoms with Gasteiger partial charge in [-0.2, -0.15) is 0 Å². The molecule has 2 rings (SSSR count). The maximum Gasteiger partial charge on any atom is 0.241 e. The highest BCUT2D eigenvalue weighted by Crippen LogP contribution is 2.19. The molecule has 4 heteroatoms. The molecule has 21 heavy (non-hydrogen) atoms. The molecule has 0 unspecified atom stereocenters. The van der Waals surface area contributed by atoms with Gasteiger partial charge in [0.2, 0.25) is 5.91 Å². The molecule has 0 bridgehead atoms. The molecule has 4 nitrogen and oxygen atoms in total. The molecule has 0 saturated carbocycles. The Kier molecular flexibility index (Phi) is 5.62. The van der Waals surface area contributed by atoms with E-state index in [2.05, 4.69) is 31.3 Å². The van der Waals surface area contributed by atoms with E-state index in [-0.39, 0.29) is 5.91 Å². The van der Waals surface area contributed by atoms with Crippen LogP contribution < -0.4 is 5.32 Å². The Balaban J connectivity index is 1.90. The minimum Gasteiger partial charge on any atom is -0.381 e. The summed E-state index contributed by atoms with van der Waals surface area (Å²) >= 11 is 0. The van der Waals surface area contributed by atoms with Crippen molar-refractivity contribution in [1.82, 2.24) is 4.90 Å². The summed E-state index contributed by atoms with van der Waals surface area (Å²) in [6.45, 7) is 9.69. The van der Waals surface area contributed by atoms with E-state index >= 15 is 0 Å². The van der Waals surface area contributed by atoms with Crippen LogP contribution in [0.4, 0.5) is 5.69 Å². The standard InChI is InChI=1S/C17H26N2O2/c1-4-19(11-15-8-9-21-12-15)16(20)10-18-17-13(2)6-5-7-14(17)3/h5-7,15,18H,4,8-12H2,1-3H3/t15-/m1/s1. The van der Waals surface area contributed by atoms with Crippen molar-refractivity contribution in [3.8, 4) is 0 Å². The number of nitrogens with one attached hydrogen (secondary N) is 1. The summed E-state index contributed by atoms with van der Waals surface area (Å²) in [5.74, 6) is 0.654. The first-order chi connectivity index (χ1) is 10.1. The van der Waals surface area contributed by atoms with Crippen LogP contribution in [-0.4, -0.2) is 43.7 Å². The van der Waals surface area contributed by atoms with E-state index in [1.165, 1.54) is 11.1 Å². The summed E-state index contributed by atoms with van der Waals surface area (Å²) < 4.78 is 5.39. The number of ether oxygens (including phenoxy) is 1. The second-order valence-electron chi connectivity index (χ2n) is 5.78. The fraction of sp³-hybridized carbons (Fsp3) is 0.588. The molecule has 1 aromatic carbocycles. The number of carbonyl (C=O) groups excluding carboxylic acids is 1. The number of hydrogen-bond acceptors (Lipinski definition) is 3. The van der Waals surface area contributed by atoms with Crippen molar-refractivity contribution in [3.63, 3.8) is 0 Å². The van der Waals surface area contributed by atoms with Gasteiger partial charge in [-0.1, -0.05) is 18.2 Å². The lowest BCUT2D eigenvalue weighted by Crippen LogP contribution is -2.39. The van der Waals surface area contributed by atoms with Crippen molar-refractivity contribution in [2.75, 3.05) is 38.2 Å². The van der Waals surface area contributed by atoms with E-state index in [1.54, 1.807) is 0 Å². The highest BCUT2D eigenvalue weighted by atomic mass is 16.5. The van der Waals surface area contributed by atoms with Crippen LogP contribution >= 0.6 is 0 Å². The van der Waals surface area contributed by atoms with E-state index in [0.717, 1.165) is 38.4 Å². The number of likely N-dealkylation sites (N-methyl/N-ethyl adjacent to an activating group) is 1. The van der Waals surface area contributed by atoms with E-state index in [1.807, 2.05) is 17.9 Å². The van der Waals surface area contributed by atoms with Crippen LogP contribution in [0.25, 0.3) is 0 Å². The first-order valence-corrected chi connectivity index (χ1v) is 7.77. The van der Waals surface area contributed by atoms with Gasteiger partial charge in [0.05, 0.1) is 13.2 Å². The fourth-order valence-corrected chi connectivity index (χ4v) is 2.82. The number of hydrogen-bond donors (Lipinski definition) is 1. The zero-order chi connectivity index (χ0) is 15.2. The number of amides is 1. The SMILES string of the molecule is CCN(C[C@H]1CCOC1)C(=O)CNc1c(C)cccc1C. The van der Waals surface area contributed by atoms with Gasteiger partial charge in [0.25, 0.3) is 0 Å². The minimum absolute atomic E-state index is 0.159. The molecular weight excluding hydrogens is 264 g/mol. The summed E-state index contributed by atoms with van der Waals surface area (Å²) in [4.78, 5) is 14.3. The predicted molar refractivity (Wildman–Crippen MR) is 85.6 cm³/mol. The van der Waals surface area contributed by atoms with Gasteiger partial charge in [-0.25, -0.2) is 0 Å². The summed E-state index contributed by atoms with van der Waals surface area (Å²) in [6.07, 6.45) is 1.06. The molecule has 0 spiro atoms. The van der Waals surface area contributed by atoms with E-state index in [0.29, 0.717) is 12.5 Å². The van der Waals surface area contributed by atoms with E-state index in [4.69, 9.17) is 4.74 Å². The van der Waals surface area contributed by atoms with Crippen LogP contribution in [0.15, 0.2) is 18.2 Å². The Morgan fingerprint density at radius 1 is 1.38 bits per heavy atom. The number of benzene rings is 1. The average molecular weight is 290 g/mol. The molecule has 1 heterocycles. The first kappa shape index (κ1) is 15.8. The maximum atomic E-state index is 12.4. The van der Waals surface area contributed by atoms with Gasteiger partial charge in [0.1, 0.15) is 0 Å². The lowest BCUT2D eigenvalue weighted by atomic mass is 10.1. The molecule has 0 aromatic heterocycles. The van der Waals surface area contributed by atoms with Crippen molar-refractivity contribution in [2.24, 2.45) is 5.92 Å². The summed E-state index contributed by atoms with van der Waals surface area (Å²) in [5.41, 5.74) is 3.43. The maximum absolute atomic E-state index is 12.4. The van der Waals surface area contributed by atoms with Crippen molar-refractivity contribution < 1.29 is 9.53 Å².